The highest BCUT2D eigenvalue weighted by Crippen LogP contribution is 2.22. The lowest BCUT2D eigenvalue weighted by Gasteiger charge is -2.05. The average Bonchev–Trinajstić information content (AvgIpc) is 2.76. The molecular weight excluding hydrogens is 234 g/mol. The first kappa shape index (κ1) is 11.9. The summed E-state index contributed by atoms with van der Waals surface area (Å²) in [6.07, 6.45) is 1.95. The van der Waals surface area contributed by atoms with Crippen LogP contribution >= 0.6 is 11.3 Å². The summed E-state index contributed by atoms with van der Waals surface area (Å²) in [6, 6.07) is 1.87. The Labute approximate surface area is 104 Å². The van der Waals surface area contributed by atoms with Gasteiger partial charge in [-0.15, -0.1) is 11.3 Å². The summed E-state index contributed by atoms with van der Waals surface area (Å²) in [5.74, 6) is 6.68. The molecule has 0 fully saturated rings. The molecule has 0 amide bonds. The summed E-state index contributed by atoms with van der Waals surface area (Å²) in [5.41, 5.74) is 4.54. The number of hydrogen-bond acceptors (Lipinski definition) is 6. The highest BCUT2D eigenvalue weighted by molar-refractivity contribution is 7.13. The minimum atomic E-state index is 0.631. The second kappa shape index (κ2) is 5.20. The van der Waals surface area contributed by atoms with Gasteiger partial charge < -0.3 is 5.43 Å². The molecule has 0 aliphatic heterocycles. The largest absolute Gasteiger partial charge is 0.308 e. The molecule has 0 unspecified atom stereocenters. The van der Waals surface area contributed by atoms with Crippen molar-refractivity contribution in [1.82, 2.24) is 15.0 Å². The Morgan fingerprint density at radius 3 is 2.76 bits per heavy atom. The first-order chi connectivity index (χ1) is 8.22. The van der Waals surface area contributed by atoms with Crippen LogP contribution in [0.3, 0.4) is 0 Å². The molecule has 90 valence electrons. The standard InChI is InChI=1S/C11H15N5S/c1-3-4-8-5-9(16-12)15-10(14-8)11-13-7(2)6-17-11/h5-6H,3-4,12H2,1-2H3,(H,14,15,16). The number of hydrazine groups is 1. The number of aryl methyl sites for hydroxylation is 2. The molecule has 0 radical (unpaired) electrons. The number of hydrogen-bond donors (Lipinski definition) is 2. The van der Waals surface area contributed by atoms with Gasteiger partial charge in [0, 0.05) is 22.8 Å². The van der Waals surface area contributed by atoms with Crippen molar-refractivity contribution in [3.05, 3.63) is 22.8 Å². The maximum atomic E-state index is 5.41. The van der Waals surface area contributed by atoms with E-state index in [4.69, 9.17) is 5.84 Å². The van der Waals surface area contributed by atoms with Gasteiger partial charge in [0.1, 0.15) is 5.82 Å². The van der Waals surface area contributed by atoms with Gasteiger partial charge in [-0.2, -0.15) is 0 Å². The second-order valence-corrected chi connectivity index (χ2v) is 4.61. The number of nitrogens with two attached hydrogens (primary N) is 1. The predicted molar refractivity (Wildman–Crippen MR) is 69.7 cm³/mol. The van der Waals surface area contributed by atoms with Crippen molar-refractivity contribution in [3.63, 3.8) is 0 Å². The smallest absolute Gasteiger partial charge is 0.190 e. The number of nitrogens with zero attached hydrogens (tertiary/aromatic N) is 3. The third-order valence-electron chi connectivity index (χ3n) is 2.24. The van der Waals surface area contributed by atoms with Crippen molar-refractivity contribution in [2.75, 3.05) is 5.43 Å². The predicted octanol–water partition coefficient (Wildman–Crippen LogP) is 2.15. The van der Waals surface area contributed by atoms with Gasteiger partial charge in [0.25, 0.3) is 0 Å². The van der Waals surface area contributed by atoms with Gasteiger partial charge in [-0.25, -0.2) is 20.8 Å². The van der Waals surface area contributed by atoms with E-state index in [1.165, 1.54) is 0 Å². The lowest BCUT2D eigenvalue weighted by Crippen LogP contribution is -2.10. The summed E-state index contributed by atoms with van der Waals surface area (Å²) >= 11 is 1.54. The van der Waals surface area contributed by atoms with Crippen molar-refractivity contribution in [3.8, 4) is 10.8 Å². The van der Waals surface area contributed by atoms with E-state index in [2.05, 4.69) is 27.3 Å². The number of thiazole rings is 1. The molecular formula is C11H15N5S. The fourth-order valence-corrected chi connectivity index (χ4v) is 2.24. The molecule has 0 atom stereocenters. The molecule has 0 bridgehead atoms. The maximum Gasteiger partial charge on any atom is 0.190 e. The molecule has 6 heteroatoms. The van der Waals surface area contributed by atoms with Crippen LogP contribution in [0.25, 0.3) is 10.8 Å². The summed E-state index contributed by atoms with van der Waals surface area (Å²) in [6.45, 7) is 4.07. The summed E-state index contributed by atoms with van der Waals surface area (Å²) in [7, 11) is 0. The van der Waals surface area contributed by atoms with Gasteiger partial charge in [0.05, 0.1) is 0 Å². The van der Waals surface area contributed by atoms with E-state index in [-0.39, 0.29) is 0 Å². The van der Waals surface area contributed by atoms with Crippen LogP contribution in [-0.4, -0.2) is 15.0 Å². The third kappa shape index (κ3) is 2.78. The normalized spacial score (nSPS) is 10.5. The minimum absolute atomic E-state index is 0.631. The van der Waals surface area contributed by atoms with Crippen molar-refractivity contribution >= 4 is 17.2 Å². The number of nitrogens with one attached hydrogen (secondary N) is 1. The van der Waals surface area contributed by atoms with E-state index in [0.717, 1.165) is 29.2 Å². The zero-order valence-corrected chi connectivity index (χ0v) is 10.7. The van der Waals surface area contributed by atoms with Crippen LogP contribution in [-0.2, 0) is 6.42 Å². The van der Waals surface area contributed by atoms with E-state index >= 15 is 0 Å². The van der Waals surface area contributed by atoms with Gasteiger partial charge in [-0.3, -0.25) is 0 Å². The van der Waals surface area contributed by atoms with Gasteiger partial charge in [0.2, 0.25) is 0 Å². The Bertz CT molecular complexity index is 508. The van der Waals surface area contributed by atoms with Crippen molar-refractivity contribution in [2.24, 2.45) is 5.84 Å². The topological polar surface area (TPSA) is 76.7 Å². The summed E-state index contributed by atoms with van der Waals surface area (Å²) in [4.78, 5) is 13.2. The van der Waals surface area contributed by atoms with Crippen molar-refractivity contribution < 1.29 is 0 Å². The molecule has 17 heavy (non-hydrogen) atoms. The summed E-state index contributed by atoms with van der Waals surface area (Å²) < 4.78 is 0. The molecule has 2 heterocycles. The van der Waals surface area contributed by atoms with Gasteiger partial charge >= 0.3 is 0 Å². The Morgan fingerprint density at radius 1 is 1.35 bits per heavy atom. The lowest BCUT2D eigenvalue weighted by atomic mass is 10.2. The van der Waals surface area contributed by atoms with Gasteiger partial charge in [0.15, 0.2) is 10.8 Å². The fourth-order valence-electron chi connectivity index (χ4n) is 1.51. The quantitative estimate of drug-likeness (QED) is 0.641. The Hall–Kier alpha value is -1.53. The first-order valence-corrected chi connectivity index (χ1v) is 6.38. The number of aromatic nitrogens is 3. The second-order valence-electron chi connectivity index (χ2n) is 3.76. The number of rotatable bonds is 4. The number of nitrogen functional groups attached to an aromatic ring is 1. The molecule has 0 saturated carbocycles. The van der Waals surface area contributed by atoms with E-state index in [1.54, 1.807) is 11.3 Å². The molecule has 0 spiro atoms. The molecule has 2 aromatic heterocycles. The van der Waals surface area contributed by atoms with E-state index in [1.807, 2.05) is 18.4 Å². The zero-order valence-electron chi connectivity index (χ0n) is 9.90. The van der Waals surface area contributed by atoms with Gasteiger partial charge in [-0.05, 0) is 13.3 Å². The van der Waals surface area contributed by atoms with Crippen LogP contribution in [0.5, 0.6) is 0 Å². The Kier molecular flexibility index (Phi) is 3.65. The average molecular weight is 249 g/mol. The molecule has 0 aromatic carbocycles. The van der Waals surface area contributed by atoms with Crippen molar-refractivity contribution in [1.29, 1.82) is 0 Å². The lowest BCUT2D eigenvalue weighted by molar-refractivity contribution is 0.874. The highest BCUT2D eigenvalue weighted by atomic mass is 32.1. The van der Waals surface area contributed by atoms with Crippen LogP contribution < -0.4 is 11.3 Å². The van der Waals surface area contributed by atoms with Crippen LogP contribution in [0.1, 0.15) is 24.7 Å². The van der Waals surface area contributed by atoms with Crippen LogP contribution in [0.2, 0.25) is 0 Å². The molecule has 0 aliphatic rings. The first-order valence-electron chi connectivity index (χ1n) is 5.50. The third-order valence-corrected chi connectivity index (χ3v) is 3.20. The van der Waals surface area contributed by atoms with Crippen LogP contribution in [0.15, 0.2) is 11.4 Å². The van der Waals surface area contributed by atoms with Crippen LogP contribution in [0.4, 0.5) is 5.82 Å². The van der Waals surface area contributed by atoms with Crippen LogP contribution in [0, 0.1) is 6.92 Å². The molecule has 3 N–H and O–H groups in total. The van der Waals surface area contributed by atoms with E-state index < -0.39 is 0 Å². The Balaban J connectivity index is 2.42. The molecule has 0 aliphatic carbocycles. The summed E-state index contributed by atoms with van der Waals surface area (Å²) in [5, 5.41) is 2.82. The van der Waals surface area contributed by atoms with Crippen molar-refractivity contribution in [2.45, 2.75) is 26.7 Å². The molecule has 0 saturated heterocycles. The van der Waals surface area contributed by atoms with E-state index in [0.29, 0.717) is 11.6 Å². The molecule has 2 aromatic rings. The fraction of sp³-hybridized carbons (Fsp3) is 0.364. The van der Waals surface area contributed by atoms with E-state index in [9.17, 15) is 0 Å². The highest BCUT2D eigenvalue weighted by Gasteiger charge is 2.09. The monoisotopic (exact) mass is 249 g/mol. The zero-order chi connectivity index (χ0) is 12.3. The maximum absolute atomic E-state index is 5.41. The SMILES string of the molecule is CCCc1cc(NN)nc(-c2nc(C)cs2)n1. The minimum Gasteiger partial charge on any atom is -0.308 e. The molecule has 5 nitrogen and oxygen atoms in total. The number of anilines is 1. The molecule has 2 rings (SSSR count). The Morgan fingerprint density at radius 2 is 2.18 bits per heavy atom. The van der Waals surface area contributed by atoms with Gasteiger partial charge in [-0.1, -0.05) is 13.3 Å².